The lowest BCUT2D eigenvalue weighted by molar-refractivity contribution is -0.0447. The number of carbonyl (C=O) groups excluding carboxylic acids is 2. The number of hydrogen-bond acceptors (Lipinski definition) is 34. The number of rotatable bonds is 15. The fourth-order valence-electron chi connectivity index (χ4n) is 13.8. The first-order chi connectivity index (χ1) is 70.4. The molecule has 0 saturated carbocycles. The third-order valence-corrected chi connectivity index (χ3v) is 25.8. The third-order valence-electron chi connectivity index (χ3n) is 24.2. The van der Waals surface area contributed by atoms with Gasteiger partial charge in [0.25, 0.3) is 0 Å². The quantitative estimate of drug-likeness (QED) is 0.0115. The Bertz CT molecular complexity index is 6060. The van der Waals surface area contributed by atoms with E-state index in [1.165, 1.54) is 60.6 Å². The minimum Gasteiger partial charge on any atom is -0.507 e. The standard InChI is InChI=1S/C16H23BO4.2C14H14N2O2.C12H24B2O4.C12H11N5OS.C11H8N2O2.C10H11BrO2.C8H7BrO.C4H3BrN2.C2H6O2.CH5N3S/c1-11-6-7-12(10-13(11)14-18-8-9-19-14)17-20-15(2,3)16(4,5)21-17;2*1-10-2-3-11(12-7-15-9-16-8-12)6-13(10)14-17-4-5-18-14;1-9(2)10(3,4)16-13(15-9)14-17-11(5,6)12(7,8)18-14;13-12(19)17-16-6-9-3-8(1-2-11(9)18)10-4-14-7-15-5-10;14-6-9-3-8(1-2-11(9)15)10-4-12-7-13-5-10;1-7-2-3-8(11)6-9(7)10-12-4-5-13-10;1-6-2-3-8(9)4-7(6)5-10;5-4-1-6-3-7-2-4;3-1-2-4;2-1(5)4-3/h6-7,10,14H,8-9H2,1-5H3;2*2-3,6-9,14H,4-5H2,1H3;1-8H3;1-7,18H,(H3,13,17,19);1-7,15H;2-3,6,10H,4-5H2,1H3;2-5H,1H3;1-3H;3-4H,1-2H2;3H2,(H3,2,4,5)/b;;;;16-6+;;;;;;. The molecule has 12 N–H and O–H groups in total. The zero-order chi connectivity index (χ0) is 108. The first kappa shape index (κ1) is 120. The van der Waals surface area contributed by atoms with E-state index in [2.05, 4.69) is 254 Å². The van der Waals surface area contributed by atoms with E-state index in [1.54, 1.807) is 92.3 Å². The lowest BCUT2D eigenvalue weighted by atomic mass is 9.49. The number of nitrogens with two attached hydrogens (primary N) is 3. The maximum atomic E-state index is 10.6. The number of aldehydes is 2. The van der Waals surface area contributed by atoms with Gasteiger partial charge >= 0.3 is 21.1 Å². The van der Waals surface area contributed by atoms with E-state index in [0.717, 1.165) is 109 Å². The van der Waals surface area contributed by atoms with Crippen LogP contribution in [0.15, 0.2) is 240 Å². The van der Waals surface area contributed by atoms with Crippen LogP contribution in [-0.4, -0.2) is 220 Å². The van der Waals surface area contributed by atoms with E-state index < -0.39 is 14.0 Å². The van der Waals surface area contributed by atoms with Gasteiger partial charge < -0.3 is 103 Å². The smallest absolute Gasteiger partial charge is 0.494 e. The molecule has 7 aromatic carbocycles. The SMILES string of the molecule is Brc1cncnc1.CC1(C)OB(B2OC(C)(C)C(C)(C)O2)OC1(C)C.Cc1ccc(-c2cncnc2)cc1C1OCCO1.Cc1ccc(-c2cncnc2)cc1C1OCCO1.Cc1ccc(B2OC(C)(C)C(C)(C)O2)cc1C1OCCO1.Cc1ccc(Br)cc1C1OCCO1.Cc1ccc(Br)cc1C=O.NC(=S)N/N=C/c1cc(-c2cncnc2)ccc1O.NNC(N)=S.O=Cc1cc(-c2cncnc2)ccc1O.OCCO. The van der Waals surface area contributed by atoms with Gasteiger partial charge in [0.1, 0.15) is 49.4 Å². The average molecular weight is 2260 g/mol. The zero-order valence-corrected chi connectivity index (χ0v) is 91.9. The van der Waals surface area contributed by atoms with Crippen LogP contribution in [0.4, 0.5) is 0 Å². The molecule has 7 aliphatic heterocycles. The number of aromatic nitrogens is 10. The van der Waals surface area contributed by atoms with Gasteiger partial charge in [0.15, 0.2) is 41.7 Å². The summed E-state index contributed by atoms with van der Waals surface area (Å²) in [6.07, 6.45) is 26.7. The van der Waals surface area contributed by atoms with Gasteiger partial charge in [-0.25, -0.2) is 55.7 Å². The number of hydrazine groups is 1. The number of aryl methyl sites for hydroxylation is 5. The third kappa shape index (κ3) is 36.4. The van der Waals surface area contributed by atoms with Crippen LogP contribution in [0, 0.1) is 34.6 Å². The van der Waals surface area contributed by atoms with E-state index in [4.69, 9.17) is 87.5 Å². The Morgan fingerprint density at radius 2 is 0.642 bits per heavy atom. The van der Waals surface area contributed by atoms with Gasteiger partial charge in [-0.1, -0.05) is 98.6 Å². The molecule has 0 unspecified atom stereocenters. The maximum Gasteiger partial charge on any atom is 0.494 e. The molecule has 12 aromatic rings. The summed E-state index contributed by atoms with van der Waals surface area (Å²) in [5.41, 5.74) is 32.4. The van der Waals surface area contributed by atoms with Crippen LogP contribution in [0.25, 0.3) is 44.5 Å². The fourth-order valence-corrected chi connectivity index (χ4v) is 14.9. The number of phenolic OH excluding ortho intramolecular Hbond substituents is 2. The number of thiocarbonyl (C=S) groups is 2. The predicted octanol–water partition coefficient (Wildman–Crippen LogP) is 16.5. The Labute approximate surface area is 900 Å². The number of aromatic hydroxyl groups is 2. The summed E-state index contributed by atoms with van der Waals surface area (Å²) in [5.74, 6) is 4.74. The number of aliphatic hydroxyl groups excluding tert-OH is 2. The second-order valence-corrected chi connectivity index (χ2v) is 40.1. The van der Waals surface area contributed by atoms with E-state index in [0.29, 0.717) is 64.7 Å². The number of ether oxygens (including phenoxy) is 8. The summed E-state index contributed by atoms with van der Waals surface area (Å²) >= 11 is 18.8. The summed E-state index contributed by atoms with van der Waals surface area (Å²) in [7, 11) is -1.30. The number of hydrazone groups is 1. The molecule has 0 aliphatic carbocycles. The summed E-state index contributed by atoms with van der Waals surface area (Å²) in [6, 6.07) is 40.3. The minimum absolute atomic E-state index is 0.0226. The molecule has 0 amide bonds. The number of benzene rings is 7. The zero-order valence-electron chi connectivity index (χ0n) is 85.6. The summed E-state index contributed by atoms with van der Waals surface area (Å²) < 4.78 is 83.3. The van der Waals surface area contributed by atoms with Crippen molar-refractivity contribution in [1.29, 1.82) is 0 Å². The van der Waals surface area contributed by atoms with Crippen molar-refractivity contribution >= 4 is 128 Å². The van der Waals surface area contributed by atoms with Crippen molar-refractivity contribution in [2.45, 2.75) is 176 Å². The van der Waals surface area contributed by atoms with Gasteiger partial charge in [0.2, 0.25) is 0 Å². The molecule has 7 fully saturated rings. The van der Waals surface area contributed by atoms with E-state index >= 15 is 0 Å². The molecular formula is C104H126B3Br3N16O20S2. The van der Waals surface area contributed by atoms with Crippen molar-refractivity contribution in [1.82, 2.24) is 60.7 Å². The predicted molar refractivity (Wildman–Crippen MR) is 584 cm³/mol. The molecule has 0 bridgehead atoms. The maximum absolute atomic E-state index is 10.6. The van der Waals surface area contributed by atoms with Gasteiger partial charge in [-0.3, -0.25) is 15.0 Å². The second-order valence-electron chi connectivity index (χ2n) is 36.4. The Hall–Kier alpha value is -11.1. The van der Waals surface area contributed by atoms with Crippen molar-refractivity contribution in [3.05, 3.63) is 301 Å². The molecule has 36 nitrogen and oxygen atoms in total. The molecule has 19 rings (SSSR count). The molecule has 7 saturated heterocycles. The van der Waals surface area contributed by atoms with E-state index in [9.17, 15) is 19.8 Å². The molecule has 0 atom stereocenters. The highest BCUT2D eigenvalue weighted by atomic mass is 79.9. The molecule has 0 spiro atoms. The summed E-state index contributed by atoms with van der Waals surface area (Å²) in [4.78, 5) is 60.2. The second kappa shape index (κ2) is 58.3. The molecule has 12 heterocycles. The van der Waals surface area contributed by atoms with Crippen molar-refractivity contribution in [2.75, 3.05) is 66.1 Å². The Morgan fingerprint density at radius 1 is 0.365 bits per heavy atom. The number of hydrogen-bond donors (Lipinski definition) is 9. The summed E-state index contributed by atoms with van der Waals surface area (Å²) in [5, 5.41) is 38.3. The van der Waals surface area contributed by atoms with E-state index in [-0.39, 0.29) is 106 Å². The topological polar surface area (TPSA) is 488 Å². The molecule has 44 heteroatoms. The van der Waals surface area contributed by atoms with E-state index in [1.807, 2.05) is 98.1 Å². The average Bonchev–Trinajstić information content (AvgIpc) is 1.60. The van der Waals surface area contributed by atoms with Gasteiger partial charge in [0, 0.05) is 127 Å². The van der Waals surface area contributed by atoms with Crippen LogP contribution in [0.1, 0.15) is 185 Å². The number of phenols is 2. The Balaban J connectivity index is 0.000000185. The highest BCUT2D eigenvalue weighted by Crippen LogP contribution is 2.44. The Morgan fingerprint density at radius 3 is 0.953 bits per heavy atom. The lowest BCUT2D eigenvalue weighted by Crippen LogP contribution is -2.41. The molecule has 784 valence electrons. The number of nitrogens with one attached hydrogen (secondary N) is 2. The van der Waals surface area contributed by atoms with Gasteiger partial charge in [-0.05, 0) is 274 Å². The van der Waals surface area contributed by atoms with Gasteiger partial charge in [0.05, 0.1) is 116 Å². The number of halogens is 3. The van der Waals surface area contributed by atoms with Gasteiger partial charge in [-0.15, -0.1) is 0 Å². The Kier molecular flexibility index (Phi) is 47.5. The fraction of sp³-hybridized carbons (Fsp3) is 0.356. The summed E-state index contributed by atoms with van der Waals surface area (Å²) in [6.45, 7) is 39.7. The van der Waals surface area contributed by atoms with Crippen LogP contribution in [0.2, 0.25) is 0 Å². The highest BCUT2D eigenvalue weighted by molar-refractivity contribution is 9.11. The molecule has 7 aliphatic rings. The first-order valence-electron chi connectivity index (χ1n) is 46.8. The van der Waals surface area contributed by atoms with Crippen molar-refractivity contribution in [3.8, 4) is 56.0 Å². The van der Waals surface area contributed by atoms with Crippen molar-refractivity contribution in [2.24, 2.45) is 22.4 Å². The van der Waals surface area contributed by atoms with Crippen molar-refractivity contribution in [3.63, 3.8) is 0 Å². The van der Waals surface area contributed by atoms with Crippen LogP contribution >= 0.6 is 72.2 Å². The molecule has 148 heavy (non-hydrogen) atoms. The van der Waals surface area contributed by atoms with Crippen LogP contribution in [-0.2, 0) is 65.8 Å². The minimum atomic E-state index is -0.476. The first-order valence-corrected chi connectivity index (χ1v) is 50.0. The monoisotopic (exact) mass is 2250 g/mol. The number of aliphatic hydroxyl groups is 2. The molecular weight excluding hydrogens is 2130 g/mol. The normalized spacial score (nSPS) is 16.7. The van der Waals surface area contributed by atoms with Crippen molar-refractivity contribution < 1.29 is 95.8 Å². The molecule has 5 aromatic heterocycles. The lowest BCUT2D eigenvalue weighted by Gasteiger charge is -2.32. The number of nitrogens with zero attached hydrogens (tertiary/aromatic N) is 11. The van der Waals surface area contributed by atoms with Crippen LogP contribution in [0.5, 0.6) is 11.5 Å². The number of carbonyl (C=O) groups is 2. The van der Waals surface area contributed by atoms with Crippen LogP contribution < -0.4 is 33.6 Å². The molecule has 0 radical (unpaired) electrons. The van der Waals surface area contributed by atoms with Crippen LogP contribution in [0.3, 0.4) is 0 Å². The largest absolute Gasteiger partial charge is 0.507 e. The van der Waals surface area contributed by atoms with Gasteiger partial charge in [-0.2, -0.15) is 5.10 Å². The highest BCUT2D eigenvalue weighted by Gasteiger charge is 2.64.